The molecule has 136 valence electrons. The van der Waals surface area contributed by atoms with E-state index in [2.05, 4.69) is 9.71 Å². The van der Waals surface area contributed by atoms with Gasteiger partial charge in [0.25, 0.3) is 0 Å². The minimum atomic E-state index is -3.94. The molecular weight excluding hydrogens is 379 g/mol. The van der Waals surface area contributed by atoms with Crippen LogP contribution >= 0.6 is 11.6 Å². The highest BCUT2D eigenvalue weighted by molar-refractivity contribution is 7.89. The Kier molecular flexibility index (Phi) is 5.70. The summed E-state index contributed by atoms with van der Waals surface area (Å²) in [6.45, 7) is 0.407. The average molecular weight is 395 g/mol. The second-order valence-corrected chi connectivity index (χ2v) is 7.68. The first-order valence-electron chi connectivity index (χ1n) is 7.89. The number of pyridine rings is 1. The Labute approximate surface area is 155 Å². The van der Waals surface area contributed by atoms with Gasteiger partial charge in [0.05, 0.1) is 6.61 Å². The van der Waals surface area contributed by atoms with Gasteiger partial charge in [-0.15, -0.1) is 0 Å². The molecule has 8 heteroatoms. The number of sulfonamides is 1. The van der Waals surface area contributed by atoms with E-state index in [1.54, 1.807) is 6.20 Å². The van der Waals surface area contributed by atoms with Crippen LogP contribution in [0.25, 0.3) is 10.9 Å². The van der Waals surface area contributed by atoms with Crippen LogP contribution in [0, 0.1) is 5.82 Å². The van der Waals surface area contributed by atoms with Crippen molar-refractivity contribution in [3.8, 4) is 5.75 Å². The number of hydrogen-bond donors (Lipinski definition) is 1. The first-order valence-corrected chi connectivity index (χ1v) is 9.75. The van der Waals surface area contributed by atoms with Gasteiger partial charge in [-0.1, -0.05) is 29.8 Å². The molecule has 1 aromatic heterocycles. The first kappa shape index (κ1) is 18.6. The van der Waals surface area contributed by atoms with E-state index in [4.69, 9.17) is 16.3 Å². The van der Waals surface area contributed by atoms with Crippen LogP contribution in [-0.2, 0) is 10.0 Å². The molecule has 0 saturated carbocycles. The van der Waals surface area contributed by atoms with Gasteiger partial charge in [0.15, 0.2) is 0 Å². The molecule has 0 aliphatic carbocycles. The number of ether oxygens (including phenoxy) is 1. The van der Waals surface area contributed by atoms with Crippen molar-refractivity contribution in [2.75, 3.05) is 13.2 Å². The normalized spacial score (nSPS) is 11.6. The predicted molar refractivity (Wildman–Crippen MR) is 98.5 cm³/mol. The lowest BCUT2D eigenvalue weighted by molar-refractivity contribution is 0.314. The zero-order chi connectivity index (χ0) is 18.6. The van der Waals surface area contributed by atoms with Crippen LogP contribution in [-0.4, -0.2) is 26.6 Å². The monoisotopic (exact) mass is 394 g/mol. The van der Waals surface area contributed by atoms with Gasteiger partial charge in [0, 0.05) is 23.2 Å². The molecule has 3 rings (SSSR count). The van der Waals surface area contributed by atoms with Crippen LogP contribution < -0.4 is 9.46 Å². The lowest BCUT2D eigenvalue weighted by Crippen LogP contribution is -2.26. The Balaban J connectivity index is 1.55. The van der Waals surface area contributed by atoms with Gasteiger partial charge in [-0.05, 0) is 36.8 Å². The van der Waals surface area contributed by atoms with Crippen LogP contribution in [0.3, 0.4) is 0 Å². The van der Waals surface area contributed by atoms with Gasteiger partial charge >= 0.3 is 0 Å². The summed E-state index contributed by atoms with van der Waals surface area (Å²) in [7, 11) is -3.94. The standard InChI is InChI=1S/C18H16ClFN2O3S/c19-14-7-8-17(15(20)12-14)26(23,24)22-10-3-11-25-16-6-1-4-13-5-2-9-21-18(13)16/h1-2,4-9,12,22H,3,10-11H2. The third kappa shape index (κ3) is 4.30. The molecule has 0 amide bonds. The Morgan fingerprint density at radius 2 is 1.96 bits per heavy atom. The number of nitrogens with one attached hydrogen (secondary N) is 1. The number of halogens is 2. The highest BCUT2D eigenvalue weighted by Crippen LogP contribution is 2.23. The Morgan fingerprint density at radius 1 is 1.15 bits per heavy atom. The van der Waals surface area contributed by atoms with Gasteiger partial charge in [0.1, 0.15) is 22.0 Å². The fraction of sp³-hybridized carbons (Fsp3) is 0.167. The number of fused-ring (bicyclic) bond motifs is 1. The highest BCUT2D eigenvalue weighted by atomic mass is 35.5. The molecule has 0 aliphatic heterocycles. The molecule has 0 aliphatic rings. The fourth-order valence-corrected chi connectivity index (χ4v) is 3.71. The van der Waals surface area contributed by atoms with Gasteiger partial charge in [-0.2, -0.15) is 0 Å². The van der Waals surface area contributed by atoms with Crippen molar-refractivity contribution in [3.63, 3.8) is 0 Å². The number of benzene rings is 2. The van der Waals surface area contributed by atoms with E-state index < -0.39 is 20.7 Å². The summed E-state index contributed by atoms with van der Waals surface area (Å²) in [6.07, 6.45) is 2.10. The van der Waals surface area contributed by atoms with Crippen molar-refractivity contribution >= 4 is 32.5 Å². The van der Waals surface area contributed by atoms with E-state index in [-0.39, 0.29) is 11.6 Å². The minimum absolute atomic E-state index is 0.114. The van der Waals surface area contributed by atoms with E-state index in [0.29, 0.717) is 18.8 Å². The smallest absolute Gasteiger partial charge is 0.243 e. The van der Waals surface area contributed by atoms with Gasteiger partial charge in [-0.3, -0.25) is 4.98 Å². The fourth-order valence-electron chi connectivity index (χ4n) is 2.42. The maximum Gasteiger partial charge on any atom is 0.243 e. The van der Waals surface area contributed by atoms with Crippen LogP contribution in [0.15, 0.2) is 59.6 Å². The summed E-state index contributed by atoms with van der Waals surface area (Å²) in [6, 6.07) is 12.8. The molecule has 0 bridgehead atoms. The van der Waals surface area contributed by atoms with E-state index >= 15 is 0 Å². The van der Waals surface area contributed by atoms with Crippen LogP contribution in [0.5, 0.6) is 5.75 Å². The Morgan fingerprint density at radius 3 is 2.77 bits per heavy atom. The molecule has 1 heterocycles. The minimum Gasteiger partial charge on any atom is -0.491 e. The third-order valence-corrected chi connectivity index (χ3v) is 5.38. The number of nitrogens with zero attached hydrogens (tertiary/aromatic N) is 1. The summed E-state index contributed by atoms with van der Waals surface area (Å²) >= 11 is 5.64. The molecular formula is C18H16ClFN2O3S. The molecule has 26 heavy (non-hydrogen) atoms. The van der Waals surface area contributed by atoms with Crippen molar-refractivity contribution in [2.24, 2.45) is 0 Å². The summed E-state index contributed by atoms with van der Waals surface area (Å²) in [5, 5.41) is 1.10. The van der Waals surface area contributed by atoms with Crippen molar-refractivity contribution in [1.82, 2.24) is 9.71 Å². The van der Waals surface area contributed by atoms with E-state index in [0.717, 1.165) is 23.0 Å². The molecule has 3 aromatic rings. The molecule has 0 saturated heterocycles. The summed E-state index contributed by atoms with van der Waals surface area (Å²) in [5.41, 5.74) is 0.749. The summed E-state index contributed by atoms with van der Waals surface area (Å²) in [4.78, 5) is 3.86. The van der Waals surface area contributed by atoms with Crippen LogP contribution in [0.2, 0.25) is 5.02 Å². The molecule has 2 aromatic carbocycles. The zero-order valence-electron chi connectivity index (χ0n) is 13.7. The SMILES string of the molecule is O=S(=O)(NCCCOc1cccc2cccnc12)c1ccc(Cl)cc1F. The first-order chi connectivity index (χ1) is 12.5. The largest absolute Gasteiger partial charge is 0.491 e. The second-order valence-electron chi connectivity index (χ2n) is 5.51. The summed E-state index contributed by atoms with van der Waals surface area (Å²) < 4.78 is 46.1. The Bertz CT molecular complexity index is 1020. The third-order valence-electron chi connectivity index (χ3n) is 3.65. The molecule has 1 N–H and O–H groups in total. The lowest BCUT2D eigenvalue weighted by atomic mass is 10.2. The van der Waals surface area contributed by atoms with E-state index in [9.17, 15) is 12.8 Å². The van der Waals surface area contributed by atoms with E-state index in [1.807, 2.05) is 30.3 Å². The van der Waals surface area contributed by atoms with Crippen molar-refractivity contribution in [3.05, 3.63) is 65.6 Å². The number of rotatable bonds is 7. The Hall–Kier alpha value is -2.22. The maximum atomic E-state index is 13.8. The molecule has 0 spiro atoms. The van der Waals surface area contributed by atoms with Gasteiger partial charge in [-0.25, -0.2) is 17.5 Å². The highest BCUT2D eigenvalue weighted by Gasteiger charge is 2.18. The van der Waals surface area contributed by atoms with Gasteiger partial charge < -0.3 is 4.74 Å². The number of para-hydroxylation sites is 1. The van der Waals surface area contributed by atoms with Crippen molar-refractivity contribution in [2.45, 2.75) is 11.3 Å². The molecule has 0 atom stereocenters. The van der Waals surface area contributed by atoms with Crippen LogP contribution in [0.4, 0.5) is 4.39 Å². The lowest BCUT2D eigenvalue weighted by Gasteiger charge is -2.10. The number of aromatic nitrogens is 1. The zero-order valence-corrected chi connectivity index (χ0v) is 15.2. The van der Waals surface area contributed by atoms with Crippen LogP contribution in [0.1, 0.15) is 6.42 Å². The van der Waals surface area contributed by atoms with Gasteiger partial charge in [0.2, 0.25) is 10.0 Å². The second kappa shape index (κ2) is 7.99. The molecule has 0 unspecified atom stereocenters. The van der Waals surface area contributed by atoms with E-state index in [1.165, 1.54) is 6.07 Å². The molecule has 0 radical (unpaired) electrons. The predicted octanol–water partition coefficient (Wildman–Crippen LogP) is 3.77. The van der Waals surface area contributed by atoms with Crippen molar-refractivity contribution in [1.29, 1.82) is 0 Å². The maximum absolute atomic E-state index is 13.8. The molecule has 0 fully saturated rings. The van der Waals surface area contributed by atoms with Crippen molar-refractivity contribution < 1.29 is 17.5 Å². The average Bonchev–Trinajstić information content (AvgIpc) is 2.61. The quantitative estimate of drug-likeness (QED) is 0.619. The topological polar surface area (TPSA) is 68.3 Å². The molecule has 5 nitrogen and oxygen atoms in total. The summed E-state index contributed by atoms with van der Waals surface area (Å²) in [5.74, 6) is -0.252. The number of hydrogen-bond acceptors (Lipinski definition) is 4.